The molecule has 34 heavy (non-hydrogen) atoms. The maximum atomic E-state index is 12.8. The van der Waals surface area contributed by atoms with Crippen molar-refractivity contribution in [2.75, 3.05) is 0 Å². The number of ether oxygens (including phenoxy) is 1. The van der Waals surface area contributed by atoms with Crippen LogP contribution in [0.2, 0.25) is 5.02 Å². The molecule has 6 nitrogen and oxygen atoms in total. The van der Waals surface area contributed by atoms with Gasteiger partial charge in [-0.3, -0.25) is 10.2 Å². The molecule has 0 fully saturated rings. The first-order valence-corrected chi connectivity index (χ1v) is 12.1. The van der Waals surface area contributed by atoms with Gasteiger partial charge in [0.1, 0.15) is 17.4 Å². The summed E-state index contributed by atoms with van der Waals surface area (Å²) in [7, 11) is 0. The van der Waals surface area contributed by atoms with Gasteiger partial charge in [0.25, 0.3) is 5.91 Å². The molecule has 3 aromatic carbocycles. The van der Waals surface area contributed by atoms with Crippen LogP contribution in [0.25, 0.3) is 16.8 Å². The molecule has 2 aliphatic rings. The van der Waals surface area contributed by atoms with Crippen molar-refractivity contribution >= 4 is 62.2 Å². The number of hydrogen-bond acceptors (Lipinski definition) is 5. The molecule has 8 heteroatoms. The first kappa shape index (κ1) is 22.4. The summed E-state index contributed by atoms with van der Waals surface area (Å²) in [5, 5.41) is 18.5. The van der Waals surface area contributed by atoms with Gasteiger partial charge in [-0.1, -0.05) is 61.0 Å². The number of halogens is 1. The van der Waals surface area contributed by atoms with E-state index in [1.807, 2.05) is 24.3 Å². The lowest BCUT2D eigenvalue weighted by Gasteiger charge is -2.20. The van der Waals surface area contributed by atoms with Crippen LogP contribution in [0.3, 0.4) is 0 Å². The van der Waals surface area contributed by atoms with E-state index in [4.69, 9.17) is 21.7 Å². The van der Waals surface area contributed by atoms with Gasteiger partial charge in [0.15, 0.2) is 5.84 Å². The quantitative estimate of drug-likeness (QED) is 0.402. The number of benzene rings is 3. The van der Waals surface area contributed by atoms with Gasteiger partial charge in [0.2, 0.25) is 5.17 Å². The van der Waals surface area contributed by atoms with Crippen molar-refractivity contribution in [3.05, 3.63) is 82.4 Å². The minimum Gasteiger partial charge on any atom is -0.488 e. The number of fused-ring (bicyclic) bond motifs is 2. The van der Waals surface area contributed by atoms with E-state index in [2.05, 4.69) is 35.2 Å². The third kappa shape index (κ3) is 4.36. The SMILES string of the molecule is CCCC1=NN2C(=N)/C(=C/c3cc(Cl)ccc3OCc3cccc4ccccc34)C(=O)N=C2S1. The Morgan fingerprint density at radius 3 is 2.82 bits per heavy atom. The van der Waals surface area contributed by atoms with Gasteiger partial charge in [-0.2, -0.15) is 15.1 Å². The topological polar surface area (TPSA) is 78.1 Å². The highest BCUT2D eigenvalue weighted by Crippen LogP contribution is 2.32. The monoisotopic (exact) mass is 488 g/mol. The summed E-state index contributed by atoms with van der Waals surface area (Å²) in [6.45, 7) is 2.41. The molecule has 0 unspecified atom stereocenters. The molecular weight excluding hydrogens is 468 g/mol. The van der Waals surface area contributed by atoms with Crippen LogP contribution in [0.4, 0.5) is 0 Å². The van der Waals surface area contributed by atoms with Gasteiger partial charge >= 0.3 is 0 Å². The first-order chi connectivity index (χ1) is 16.5. The fraction of sp³-hybridized carbons (Fsp3) is 0.154. The van der Waals surface area contributed by atoms with Gasteiger partial charge in [-0.25, -0.2) is 0 Å². The number of carbonyl (C=O) groups is 1. The minimum absolute atomic E-state index is 0.00594. The lowest BCUT2D eigenvalue weighted by atomic mass is 10.1. The maximum Gasteiger partial charge on any atom is 0.283 e. The number of hydrogen-bond donors (Lipinski definition) is 1. The first-order valence-electron chi connectivity index (χ1n) is 10.9. The average molecular weight is 489 g/mol. The Morgan fingerprint density at radius 2 is 1.97 bits per heavy atom. The molecule has 1 amide bonds. The van der Waals surface area contributed by atoms with Gasteiger partial charge in [0, 0.05) is 10.6 Å². The Morgan fingerprint density at radius 1 is 1.15 bits per heavy atom. The maximum absolute atomic E-state index is 12.8. The van der Waals surface area contributed by atoms with E-state index >= 15 is 0 Å². The van der Waals surface area contributed by atoms with E-state index in [1.54, 1.807) is 24.3 Å². The van der Waals surface area contributed by atoms with Crippen LogP contribution < -0.4 is 4.74 Å². The largest absolute Gasteiger partial charge is 0.488 e. The summed E-state index contributed by atoms with van der Waals surface area (Å²) >= 11 is 7.60. The fourth-order valence-electron chi connectivity index (χ4n) is 3.84. The predicted octanol–water partition coefficient (Wildman–Crippen LogP) is 6.49. The van der Waals surface area contributed by atoms with Crippen LogP contribution in [0, 0.1) is 5.41 Å². The molecule has 2 aliphatic heterocycles. The van der Waals surface area contributed by atoms with Gasteiger partial charge in [-0.05, 0) is 65.2 Å². The van der Waals surface area contributed by atoms with Gasteiger partial charge < -0.3 is 4.74 Å². The number of rotatable bonds is 6. The normalized spacial score (nSPS) is 16.6. The Hall–Kier alpha value is -3.42. The second-order valence-electron chi connectivity index (χ2n) is 7.87. The zero-order valence-electron chi connectivity index (χ0n) is 18.4. The molecule has 0 bridgehead atoms. The summed E-state index contributed by atoms with van der Waals surface area (Å²) in [6.07, 6.45) is 3.31. The Labute approximate surface area is 206 Å². The minimum atomic E-state index is -0.475. The van der Waals surface area contributed by atoms with E-state index in [0.717, 1.165) is 34.2 Å². The van der Waals surface area contributed by atoms with Crippen molar-refractivity contribution in [1.29, 1.82) is 5.41 Å². The second-order valence-corrected chi connectivity index (χ2v) is 9.35. The molecule has 0 saturated heterocycles. The fourth-order valence-corrected chi connectivity index (χ4v) is 5.01. The summed E-state index contributed by atoms with van der Waals surface area (Å²) in [6, 6.07) is 19.5. The van der Waals surface area contributed by atoms with Crippen LogP contribution >= 0.6 is 23.4 Å². The molecule has 3 aromatic rings. The molecule has 0 spiro atoms. The number of hydrazone groups is 1. The van der Waals surface area contributed by atoms with E-state index in [9.17, 15) is 4.79 Å². The molecule has 0 aromatic heterocycles. The number of nitrogens with one attached hydrogen (secondary N) is 1. The summed E-state index contributed by atoms with van der Waals surface area (Å²) < 4.78 is 6.17. The number of amidine groups is 2. The Balaban J connectivity index is 1.45. The molecule has 2 heterocycles. The molecule has 0 atom stereocenters. The lowest BCUT2D eigenvalue weighted by Crippen LogP contribution is -2.35. The molecule has 0 saturated carbocycles. The van der Waals surface area contributed by atoms with E-state index in [-0.39, 0.29) is 11.4 Å². The van der Waals surface area contributed by atoms with E-state index in [0.29, 0.717) is 28.1 Å². The zero-order valence-corrected chi connectivity index (χ0v) is 20.0. The zero-order chi connectivity index (χ0) is 23.7. The van der Waals surface area contributed by atoms with Crippen molar-refractivity contribution in [3.8, 4) is 5.75 Å². The molecule has 0 radical (unpaired) electrons. The molecule has 0 aliphatic carbocycles. The number of amides is 1. The smallest absolute Gasteiger partial charge is 0.283 e. The van der Waals surface area contributed by atoms with Crippen molar-refractivity contribution in [3.63, 3.8) is 0 Å². The number of aliphatic imine (C=N–C) groups is 1. The number of thioether (sulfide) groups is 1. The third-order valence-corrected chi connectivity index (χ3v) is 6.70. The highest BCUT2D eigenvalue weighted by Gasteiger charge is 2.35. The molecule has 1 N–H and O–H groups in total. The van der Waals surface area contributed by atoms with Crippen molar-refractivity contribution in [2.24, 2.45) is 10.1 Å². The molecular formula is C26H21ClN4O2S. The van der Waals surface area contributed by atoms with Crippen molar-refractivity contribution in [1.82, 2.24) is 5.01 Å². The summed E-state index contributed by atoms with van der Waals surface area (Å²) in [5.41, 5.74) is 1.79. The highest BCUT2D eigenvalue weighted by atomic mass is 35.5. The number of carbonyl (C=O) groups excluding carboxylic acids is 1. The third-order valence-electron chi connectivity index (χ3n) is 5.49. The summed E-state index contributed by atoms with van der Waals surface area (Å²) in [4.78, 5) is 16.9. The van der Waals surface area contributed by atoms with E-state index < -0.39 is 5.91 Å². The van der Waals surface area contributed by atoms with Crippen LogP contribution in [0.5, 0.6) is 5.75 Å². The van der Waals surface area contributed by atoms with Crippen molar-refractivity contribution in [2.45, 2.75) is 26.4 Å². The van der Waals surface area contributed by atoms with Crippen LogP contribution in [-0.4, -0.2) is 27.0 Å². The summed E-state index contributed by atoms with van der Waals surface area (Å²) in [5.74, 6) is 0.0800. The van der Waals surface area contributed by atoms with Gasteiger partial charge in [-0.15, -0.1) is 0 Å². The average Bonchev–Trinajstić information content (AvgIpc) is 3.24. The number of nitrogens with zero attached hydrogens (tertiary/aromatic N) is 3. The van der Waals surface area contributed by atoms with Crippen LogP contribution in [0.1, 0.15) is 30.9 Å². The Kier molecular flexibility index (Phi) is 6.22. The van der Waals surface area contributed by atoms with Crippen LogP contribution in [0.15, 0.2) is 76.3 Å². The van der Waals surface area contributed by atoms with Crippen LogP contribution in [-0.2, 0) is 11.4 Å². The second kappa shape index (κ2) is 9.44. The predicted molar refractivity (Wildman–Crippen MR) is 140 cm³/mol. The highest BCUT2D eigenvalue weighted by molar-refractivity contribution is 8.26. The molecule has 5 rings (SSSR count). The van der Waals surface area contributed by atoms with Crippen molar-refractivity contribution < 1.29 is 9.53 Å². The lowest BCUT2D eigenvalue weighted by molar-refractivity contribution is -0.114. The van der Waals surface area contributed by atoms with Gasteiger partial charge in [0.05, 0.1) is 5.57 Å². The van der Waals surface area contributed by atoms with E-state index in [1.165, 1.54) is 16.8 Å². The Bertz CT molecular complexity index is 1410. The molecule has 170 valence electrons. The standard InChI is InChI=1S/C26H21ClN4O2S/c1-2-6-23-30-31-24(28)21(25(32)29-26(31)34-23)14-18-13-19(27)11-12-22(18)33-15-17-9-5-8-16-7-3-4-10-20(16)17/h3-5,7-14,28H,2,6,15H2,1H3/b21-14-,28-24?.